The number of amides is 2. The molecule has 0 aliphatic rings. The molecule has 80 valence electrons. The van der Waals surface area contributed by atoms with Gasteiger partial charge in [-0.25, -0.2) is 11.7 Å². The van der Waals surface area contributed by atoms with Crippen molar-refractivity contribution in [1.29, 1.82) is 0 Å². The van der Waals surface area contributed by atoms with Gasteiger partial charge in [0.15, 0.2) is 0 Å². The zero-order chi connectivity index (χ0) is 11.4. The summed E-state index contributed by atoms with van der Waals surface area (Å²) in [5, 5.41) is 9.56. The third-order valence-corrected chi connectivity index (χ3v) is 1.79. The minimum absolute atomic E-state index is 0.0985. The molecule has 0 saturated carbocycles. The maximum atomic E-state index is 11.1. The lowest BCUT2D eigenvalue weighted by atomic mass is 10.1. The first-order chi connectivity index (χ1) is 7.11. The topological polar surface area (TPSA) is 130 Å². The summed E-state index contributed by atoms with van der Waals surface area (Å²) in [5.74, 6) is 7.93. The lowest BCUT2D eigenvalue weighted by Gasteiger charge is -2.06. The number of nitrogens with one attached hydrogen (secondary N) is 2. The number of carbonyl (C=O) groups excluding carboxylic acids is 2. The second-order valence-electron chi connectivity index (χ2n) is 2.65. The van der Waals surface area contributed by atoms with E-state index in [1.54, 1.807) is 0 Å². The van der Waals surface area contributed by atoms with E-state index in [-0.39, 0.29) is 11.1 Å². The Morgan fingerprint density at radius 1 is 1.07 bits per heavy atom. The van der Waals surface area contributed by atoms with Crippen LogP contribution in [0.3, 0.4) is 0 Å². The van der Waals surface area contributed by atoms with Crippen LogP contribution in [0.5, 0.6) is 5.75 Å². The minimum atomic E-state index is -0.695. The van der Waals surface area contributed by atoms with E-state index in [9.17, 15) is 14.7 Å². The maximum absolute atomic E-state index is 11.1. The molecule has 1 aromatic carbocycles. The number of hydrogen-bond acceptors (Lipinski definition) is 5. The fraction of sp³-hybridized carbons (Fsp3) is 0. The monoisotopic (exact) mass is 210 g/mol. The highest BCUT2D eigenvalue weighted by atomic mass is 16.3. The lowest BCUT2D eigenvalue weighted by Crippen LogP contribution is -2.32. The molecule has 0 aliphatic heterocycles. The summed E-state index contributed by atoms with van der Waals surface area (Å²) in [6.07, 6.45) is 0. The summed E-state index contributed by atoms with van der Waals surface area (Å²) in [7, 11) is 0. The summed E-state index contributed by atoms with van der Waals surface area (Å²) in [6, 6.07) is 4.07. The van der Waals surface area contributed by atoms with Crippen LogP contribution in [0.25, 0.3) is 0 Å². The standard InChI is InChI=1S/C8H10N4O3/c9-11-7(14)4-2-1-3-5(6(4)13)8(15)12-10/h1-3,13H,9-10H2,(H,11,14)(H,12,15). The van der Waals surface area contributed by atoms with E-state index in [4.69, 9.17) is 11.7 Å². The van der Waals surface area contributed by atoms with E-state index in [2.05, 4.69) is 0 Å². The van der Waals surface area contributed by atoms with Gasteiger partial charge in [-0.2, -0.15) is 0 Å². The smallest absolute Gasteiger partial charge is 0.268 e. The molecule has 0 aromatic heterocycles. The van der Waals surface area contributed by atoms with E-state index in [0.29, 0.717) is 0 Å². The number of rotatable bonds is 2. The van der Waals surface area contributed by atoms with Gasteiger partial charge >= 0.3 is 0 Å². The highest BCUT2D eigenvalue weighted by molar-refractivity contribution is 6.03. The predicted molar refractivity (Wildman–Crippen MR) is 51.4 cm³/mol. The van der Waals surface area contributed by atoms with E-state index < -0.39 is 17.6 Å². The first-order valence-electron chi connectivity index (χ1n) is 3.95. The Labute approximate surface area is 85.0 Å². The Morgan fingerprint density at radius 2 is 1.47 bits per heavy atom. The maximum Gasteiger partial charge on any atom is 0.268 e. The highest BCUT2D eigenvalue weighted by Crippen LogP contribution is 2.21. The quantitative estimate of drug-likeness (QED) is 0.233. The Hall–Kier alpha value is -2.12. The van der Waals surface area contributed by atoms with E-state index >= 15 is 0 Å². The molecule has 0 heterocycles. The van der Waals surface area contributed by atoms with Crippen molar-refractivity contribution < 1.29 is 14.7 Å². The zero-order valence-electron chi connectivity index (χ0n) is 7.65. The Bertz CT molecular complexity index is 371. The van der Waals surface area contributed by atoms with Crippen LogP contribution in [-0.4, -0.2) is 16.9 Å². The Morgan fingerprint density at radius 3 is 1.80 bits per heavy atom. The number of benzene rings is 1. The summed E-state index contributed by atoms with van der Waals surface area (Å²) in [4.78, 5) is 22.3. The lowest BCUT2D eigenvalue weighted by molar-refractivity contribution is 0.0949. The average molecular weight is 210 g/mol. The molecule has 0 unspecified atom stereocenters. The fourth-order valence-electron chi connectivity index (χ4n) is 1.07. The number of aromatic hydroxyl groups is 1. The molecule has 1 aromatic rings. The van der Waals surface area contributed by atoms with E-state index in [0.717, 1.165) is 0 Å². The van der Waals surface area contributed by atoms with Crippen LogP contribution in [-0.2, 0) is 0 Å². The number of para-hydroxylation sites is 1. The van der Waals surface area contributed by atoms with Crippen LogP contribution in [0, 0.1) is 0 Å². The van der Waals surface area contributed by atoms with Gasteiger partial charge in [0.25, 0.3) is 11.8 Å². The summed E-state index contributed by atoms with van der Waals surface area (Å²) in [6.45, 7) is 0. The zero-order valence-corrected chi connectivity index (χ0v) is 7.65. The van der Waals surface area contributed by atoms with Crippen LogP contribution in [0.2, 0.25) is 0 Å². The molecule has 2 amide bonds. The van der Waals surface area contributed by atoms with E-state index in [1.165, 1.54) is 18.2 Å². The molecule has 0 bridgehead atoms. The third-order valence-electron chi connectivity index (χ3n) is 1.79. The molecule has 0 aliphatic carbocycles. The number of carbonyl (C=O) groups is 2. The minimum Gasteiger partial charge on any atom is -0.506 e. The summed E-state index contributed by atoms with van der Waals surface area (Å²) in [5.41, 5.74) is 3.49. The summed E-state index contributed by atoms with van der Waals surface area (Å²) >= 11 is 0. The van der Waals surface area contributed by atoms with Crippen LogP contribution < -0.4 is 22.5 Å². The first kappa shape index (κ1) is 11.0. The van der Waals surface area contributed by atoms with Crippen molar-refractivity contribution in [3.8, 4) is 5.75 Å². The van der Waals surface area contributed by atoms with Crippen LogP contribution in [0.4, 0.5) is 0 Å². The Kier molecular flexibility index (Phi) is 3.21. The van der Waals surface area contributed by atoms with Gasteiger partial charge in [-0.1, -0.05) is 6.07 Å². The normalized spacial score (nSPS) is 9.47. The second kappa shape index (κ2) is 4.40. The largest absolute Gasteiger partial charge is 0.506 e. The van der Waals surface area contributed by atoms with Gasteiger partial charge in [0.05, 0.1) is 11.1 Å². The molecule has 0 radical (unpaired) electrons. The molecule has 0 saturated heterocycles. The number of phenols is 1. The van der Waals surface area contributed by atoms with Crippen LogP contribution in [0.15, 0.2) is 18.2 Å². The number of nitrogen functional groups attached to an aromatic ring is 2. The van der Waals surface area contributed by atoms with Gasteiger partial charge in [0.2, 0.25) is 0 Å². The molecule has 7 nitrogen and oxygen atoms in total. The second-order valence-corrected chi connectivity index (χ2v) is 2.65. The number of nitrogens with two attached hydrogens (primary N) is 2. The number of hydrogen-bond donors (Lipinski definition) is 5. The van der Waals surface area contributed by atoms with Crippen molar-refractivity contribution in [2.45, 2.75) is 0 Å². The summed E-state index contributed by atoms with van der Waals surface area (Å²) < 4.78 is 0. The Balaban J connectivity index is 3.23. The molecular weight excluding hydrogens is 200 g/mol. The van der Waals surface area contributed by atoms with Crippen molar-refractivity contribution in [1.82, 2.24) is 10.9 Å². The van der Waals surface area contributed by atoms with Gasteiger partial charge in [0, 0.05) is 0 Å². The van der Waals surface area contributed by atoms with Gasteiger partial charge in [-0.3, -0.25) is 20.4 Å². The van der Waals surface area contributed by atoms with Crippen molar-refractivity contribution in [3.05, 3.63) is 29.3 Å². The molecular formula is C8H10N4O3. The van der Waals surface area contributed by atoms with Crippen molar-refractivity contribution in [2.75, 3.05) is 0 Å². The van der Waals surface area contributed by atoms with E-state index in [1.807, 2.05) is 10.9 Å². The van der Waals surface area contributed by atoms with Crippen molar-refractivity contribution in [3.63, 3.8) is 0 Å². The number of phenolic OH excluding ortho intramolecular Hbond substituents is 1. The molecule has 0 spiro atoms. The van der Waals surface area contributed by atoms with Crippen molar-refractivity contribution in [2.24, 2.45) is 11.7 Å². The third kappa shape index (κ3) is 2.03. The molecule has 0 atom stereocenters. The molecule has 0 fully saturated rings. The molecule has 7 N–H and O–H groups in total. The van der Waals surface area contributed by atoms with Crippen LogP contribution in [0.1, 0.15) is 20.7 Å². The van der Waals surface area contributed by atoms with Crippen molar-refractivity contribution >= 4 is 11.8 Å². The molecule has 7 heteroatoms. The molecule has 1 rings (SSSR count). The van der Waals surface area contributed by atoms with Gasteiger partial charge in [-0.15, -0.1) is 0 Å². The number of hydrazine groups is 2. The van der Waals surface area contributed by atoms with Crippen LogP contribution >= 0.6 is 0 Å². The average Bonchev–Trinajstić information content (AvgIpc) is 2.27. The van der Waals surface area contributed by atoms with Gasteiger partial charge in [-0.05, 0) is 12.1 Å². The first-order valence-corrected chi connectivity index (χ1v) is 3.95. The SMILES string of the molecule is NNC(=O)c1cccc(C(=O)NN)c1O. The van der Waals surface area contributed by atoms with Gasteiger partial charge < -0.3 is 5.11 Å². The fourth-order valence-corrected chi connectivity index (χ4v) is 1.07. The highest BCUT2D eigenvalue weighted by Gasteiger charge is 2.16. The van der Waals surface area contributed by atoms with Gasteiger partial charge in [0.1, 0.15) is 5.75 Å². The predicted octanol–water partition coefficient (Wildman–Crippen LogP) is -1.40. The molecule has 15 heavy (non-hydrogen) atoms.